The van der Waals surface area contributed by atoms with Gasteiger partial charge in [-0.1, -0.05) is 13.8 Å². The zero-order valence-electron chi connectivity index (χ0n) is 12.3. The Balaban J connectivity index is 2.43. The van der Waals surface area contributed by atoms with E-state index in [2.05, 4.69) is 24.1 Å². The molecule has 1 aliphatic rings. The molecule has 1 amide bonds. The first-order valence-electron chi connectivity index (χ1n) is 7.12. The molecule has 0 aromatic rings. The number of nitrogens with one attached hydrogen (secondary N) is 1. The third-order valence-corrected chi connectivity index (χ3v) is 4.05. The Labute approximate surface area is 111 Å². The van der Waals surface area contributed by atoms with Crippen LogP contribution in [0.25, 0.3) is 0 Å². The van der Waals surface area contributed by atoms with Crippen LogP contribution in [-0.4, -0.2) is 42.5 Å². The maximum absolute atomic E-state index is 11.5. The molecule has 3 N–H and O–H groups in total. The summed E-state index contributed by atoms with van der Waals surface area (Å²) < 4.78 is 0. The lowest BCUT2D eigenvalue weighted by molar-refractivity contribution is -0.124. The van der Waals surface area contributed by atoms with Crippen molar-refractivity contribution < 1.29 is 4.79 Å². The second kappa shape index (κ2) is 6.53. The molecule has 0 bridgehead atoms. The summed E-state index contributed by atoms with van der Waals surface area (Å²) in [5.41, 5.74) is 4.88. The summed E-state index contributed by atoms with van der Waals surface area (Å²) in [6.45, 7) is 8.50. The van der Waals surface area contributed by atoms with Gasteiger partial charge in [0.2, 0.25) is 5.91 Å². The molecule has 1 aliphatic carbocycles. The van der Waals surface area contributed by atoms with E-state index in [0.717, 1.165) is 31.5 Å². The van der Waals surface area contributed by atoms with Gasteiger partial charge in [-0.15, -0.1) is 0 Å². The normalized spacial score (nSPS) is 19.2. The highest BCUT2D eigenvalue weighted by atomic mass is 16.1. The van der Waals surface area contributed by atoms with Crippen LogP contribution >= 0.6 is 0 Å². The lowest BCUT2D eigenvalue weighted by atomic mass is 9.96. The van der Waals surface area contributed by atoms with E-state index in [4.69, 9.17) is 5.73 Å². The van der Waals surface area contributed by atoms with E-state index in [9.17, 15) is 4.79 Å². The molecule has 0 radical (unpaired) electrons. The van der Waals surface area contributed by atoms with Crippen LogP contribution in [0.2, 0.25) is 0 Å². The molecule has 106 valence electrons. The minimum atomic E-state index is -0.578. The molecule has 0 spiro atoms. The van der Waals surface area contributed by atoms with Crippen LogP contribution in [0.3, 0.4) is 0 Å². The molecule has 0 heterocycles. The van der Waals surface area contributed by atoms with Crippen molar-refractivity contribution in [2.24, 2.45) is 11.7 Å². The minimum absolute atomic E-state index is 0.260. The number of hydrogen-bond donors (Lipinski definition) is 2. The number of hydrogen-bond acceptors (Lipinski definition) is 3. The highest BCUT2D eigenvalue weighted by Crippen LogP contribution is 2.28. The van der Waals surface area contributed by atoms with Gasteiger partial charge < -0.3 is 16.0 Å². The van der Waals surface area contributed by atoms with Crippen LogP contribution < -0.4 is 11.1 Å². The number of carbonyl (C=O) groups excluding carboxylic acids is 1. The van der Waals surface area contributed by atoms with Crippen LogP contribution in [0.15, 0.2) is 0 Å². The molecular weight excluding hydrogens is 226 g/mol. The third-order valence-electron chi connectivity index (χ3n) is 4.05. The first-order valence-corrected chi connectivity index (χ1v) is 7.12. The van der Waals surface area contributed by atoms with Gasteiger partial charge >= 0.3 is 0 Å². The van der Waals surface area contributed by atoms with Crippen LogP contribution in [0.5, 0.6) is 0 Å². The van der Waals surface area contributed by atoms with Gasteiger partial charge in [0.05, 0.1) is 5.54 Å². The molecule has 1 saturated carbocycles. The van der Waals surface area contributed by atoms with Crippen molar-refractivity contribution in [3.63, 3.8) is 0 Å². The van der Waals surface area contributed by atoms with Gasteiger partial charge in [-0.3, -0.25) is 4.79 Å². The quantitative estimate of drug-likeness (QED) is 0.654. The average molecular weight is 255 g/mol. The second-order valence-corrected chi connectivity index (χ2v) is 6.15. The summed E-state index contributed by atoms with van der Waals surface area (Å²) in [4.78, 5) is 14.0. The minimum Gasteiger partial charge on any atom is -0.368 e. The lowest BCUT2D eigenvalue weighted by Crippen LogP contribution is -2.53. The Bertz CT molecular complexity index is 276. The van der Waals surface area contributed by atoms with Crippen molar-refractivity contribution in [1.29, 1.82) is 0 Å². The van der Waals surface area contributed by atoms with E-state index < -0.39 is 5.54 Å². The maximum Gasteiger partial charge on any atom is 0.237 e. The Hall–Kier alpha value is -0.610. The number of amides is 1. The molecule has 1 fully saturated rings. The SMILES string of the molecule is CNC(C)(CCN(CCC(C)C)C1CC1)C(N)=O. The van der Waals surface area contributed by atoms with E-state index in [1.54, 1.807) is 7.05 Å². The van der Waals surface area contributed by atoms with Gasteiger partial charge in [-0.2, -0.15) is 0 Å². The molecule has 4 heteroatoms. The van der Waals surface area contributed by atoms with Crippen LogP contribution in [0.1, 0.15) is 46.5 Å². The van der Waals surface area contributed by atoms with Crippen LogP contribution in [0, 0.1) is 5.92 Å². The number of carbonyl (C=O) groups is 1. The third kappa shape index (κ3) is 4.58. The largest absolute Gasteiger partial charge is 0.368 e. The van der Waals surface area contributed by atoms with Crippen molar-refractivity contribution in [3.05, 3.63) is 0 Å². The summed E-state index contributed by atoms with van der Waals surface area (Å²) in [7, 11) is 1.81. The summed E-state index contributed by atoms with van der Waals surface area (Å²) in [6.07, 6.45) is 4.63. The van der Waals surface area contributed by atoms with Crippen molar-refractivity contribution in [2.45, 2.75) is 58.0 Å². The first kappa shape index (κ1) is 15.4. The Morgan fingerprint density at radius 1 is 1.44 bits per heavy atom. The van der Waals surface area contributed by atoms with E-state index in [0.29, 0.717) is 0 Å². The highest BCUT2D eigenvalue weighted by Gasteiger charge is 2.33. The van der Waals surface area contributed by atoms with Crippen molar-refractivity contribution in [1.82, 2.24) is 10.2 Å². The molecule has 0 aromatic carbocycles. The number of primary amides is 1. The summed E-state index contributed by atoms with van der Waals surface area (Å²) in [5.74, 6) is 0.475. The molecule has 4 nitrogen and oxygen atoms in total. The first-order chi connectivity index (χ1) is 8.39. The van der Waals surface area contributed by atoms with Crippen molar-refractivity contribution in [3.8, 4) is 0 Å². The Morgan fingerprint density at radius 3 is 2.44 bits per heavy atom. The van der Waals surface area contributed by atoms with Gasteiger partial charge in [0, 0.05) is 12.6 Å². The highest BCUT2D eigenvalue weighted by molar-refractivity contribution is 5.84. The molecule has 0 saturated heterocycles. The van der Waals surface area contributed by atoms with Gasteiger partial charge in [0.25, 0.3) is 0 Å². The van der Waals surface area contributed by atoms with E-state index in [1.807, 2.05) is 6.92 Å². The smallest absolute Gasteiger partial charge is 0.237 e. The van der Waals surface area contributed by atoms with Gasteiger partial charge in [0.15, 0.2) is 0 Å². The molecule has 1 unspecified atom stereocenters. The zero-order valence-corrected chi connectivity index (χ0v) is 12.3. The zero-order chi connectivity index (χ0) is 13.8. The van der Waals surface area contributed by atoms with E-state index in [1.165, 1.54) is 19.3 Å². The van der Waals surface area contributed by atoms with Gasteiger partial charge in [-0.25, -0.2) is 0 Å². The monoisotopic (exact) mass is 255 g/mol. The number of nitrogens with two attached hydrogens (primary N) is 1. The fourth-order valence-electron chi connectivity index (χ4n) is 2.08. The topological polar surface area (TPSA) is 58.4 Å². The molecule has 0 aromatic heterocycles. The molecule has 1 rings (SSSR count). The predicted molar refractivity (Wildman–Crippen MR) is 75.3 cm³/mol. The van der Waals surface area contributed by atoms with Gasteiger partial charge in [-0.05, 0) is 52.1 Å². The summed E-state index contributed by atoms with van der Waals surface area (Å²) in [5, 5.41) is 3.06. The molecule has 1 atom stereocenters. The number of nitrogens with zero attached hydrogens (tertiary/aromatic N) is 1. The van der Waals surface area contributed by atoms with Gasteiger partial charge in [0.1, 0.15) is 0 Å². The maximum atomic E-state index is 11.5. The molecular formula is C14H29N3O. The Kier molecular flexibility index (Phi) is 5.60. The number of likely N-dealkylation sites (N-methyl/N-ethyl adjacent to an activating group) is 1. The Morgan fingerprint density at radius 2 is 2.06 bits per heavy atom. The summed E-state index contributed by atoms with van der Waals surface area (Å²) in [6, 6.07) is 0.748. The van der Waals surface area contributed by atoms with E-state index in [-0.39, 0.29) is 5.91 Å². The molecule has 0 aliphatic heterocycles. The van der Waals surface area contributed by atoms with Crippen molar-refractivity contribution >= 4 is 5.91 Å². The summed E-state index contributed by atoms with van der Waals surface area (Å²) >= 11 is 0. The molecule has 18 heavy (non-hydrogen) atoms. The fraction of sp³-hybridized carbons (Fsp3) is 0.929. The second-order valence-electron chi connectivity index (χ2n) is 6.15. The standard InChI is InChI=1S/C14H29N3O/c1-11(2)7-9-17(12-5-6-12)10-8-14(3,16-4)13(15)18/h11-12,16H,5-10H2,1-4H3,(H2,15,18). The predicted octanol–water partition coefficient (Wildman–Crippen LogP) is 1.35. The lowest BCUT2D eigenvalue weighted by Gasteiger charge is -2.30. The van der Waals surface area contributed by atoms with E-state index >= 15 is 0 Å². The fourth-order valence-corrected chi connectivity index (χ4v) is 2.08. The van der Waals surface area contributed by atoms with Crippen molar-refractivity contribution in [2.75, 3.05) is 20.1 Å². The van der Waals surface area contributed by atoms with Crippen LogP contribution in [-0.2, 0) is 4.79 Å². The average Bonchev–Trinajstić information content (AvgIpc) is 3.12. The van der Waals surface area contributed by atoms with Crippen LogP contribution in [0.4, 0.5) is 0 Å². The number of rotatable bonds is 9.